The van der Waals surface area contributed by atoms with E-state index in [2.05, 4.69) is 64.3 Å². The van der Waals surface area contributed by atoms with Gasteiger partial charge in [0.05, 0.1) is 14.2 Å². The van der Waals surface area contributed by atoms with Gasteiger partial charge in [0.2, 0.25) is 0 Å². The van der Waals surface area contributed by atoms with Crippen molar-refractivity contribution in [3.05, 3.63) is 102 Å². The molecule has 0 radical (unpaired) electrons. The van der Waals surface area contributed by atoms with Gasteiger partial charge >= 0.3 is 0 Å². The second-order valence-corrected chi connectivity index (χ2v) is 7.33. The van der Waals surface area contributed by atoms with E-state index in [1.807, 2.05) is 26.0 Å². The van der Waals surface area contributed by atoms with Crippen molar-refractivity contribution < 1.29 is 14.3 Å². The van der Waals surface area contributed by atoms with Gasteiger partial charge in [-0.2, -0.15) is 0 Å². The molecule has 2 aromatic carbocycles. The number of hydrogen-bond donors (Lipinski definition) is 0. The molecule has 0 aromatic heterocycles. The highest BCUT2D eigenvalue weighted by Crippen LogP contribution is 2.27. The molecule has 0 N–H and O–H groups in total. The van der Waals surface area contributed by atoms with Gasteiger partial charge in [-0.3, -0.25) is 4.79 Å². The lowest BCUT2D eigenvalue weighted by atomic mass is 10.1. The van der Waals surface area contributed by atoms with Crippen LogP contribution in [0.25, 0.3) is 5.57 Å². The quantitative estimate of drug-likeness (QED) is 0.341. The summed E-state index contributed by atoms with van der Waals surface area (Å²) < 4.78 is 10.1. The van der Waals surface area contributed by atoms with E-state index >= 15 is 0 Å². The number of ketones is 1. The Balaban J connectivity index is 0.000000461. The van der Waals surface area contributed by atoms with Crippen molar-refractivity contribution in [1.29, 1.82) is 0 Å². The van der Waals surface area contributed by atoms with Gasteiger partial charge < -0.3 is 9.47 Å². The van der Waals surface area contributed by atoms with Crippen molar-refractivity contribution in [2.24, 2.45) is 0 Å². The van der Waals surface area contributed by atoms with Crippen LogP contribution in [-0.4, -0.2) is 20.0 Å². The molecule has 3 heteroatoms. The molecule has 0 fully saturated rings. The van der Waals surface area contributed by atoms with Gasteiger partial charge in [-0.25, -0.2) is 0 Å². The van der Waals surface area contributed by atoms with Crippen LogP contribution in [0, 0.1) is 6.92 Å². The minimum Gasteiger partial charge on any atom is -0.493 e. The number of methoxy groups -OCH3 is 2. The molecule has 0 aliphatic heterocycles. The van der Waals surface area contributed by atoms with Gasteiger partial charge in [0.1, 0.15) is 0 Å². The smallest absolute Gasteiger partial charge is 0.161 e. The number of hydrogen-bond acceptors (Lipinski definition) is 3. The molecule has 2 aromatic rings. The highest BCUT2D eigenvalue weighted by Gasteiger charge is 2.06. The molecule has 3 nitrogen and oxygen atoms in total. The first-order valence-electron chi connectivity index (χ1n) is 10.5. The first-order chi connectivity index (χ1) is 15.1. The molecule has 32 heavy (non-hydrogen) atoms. The summed E-state index contributed by atoms with van der Waals surface area (Å²) in [4.78, 5) is 11.0. The number of benzene rings is 2. The zero-order chi connectivity index (χ0) is 24.7. The summed E-state index contributed by atoms with van der Waals surface area (Å²) in [6.45, 7) is 19.3. The lowest BCUT2D eigenvalue weighted by Crippen LogP contribution is -1.95. The summed E-state index contributed by atoms with van der Waals surface area (Å²) in [6, 6.07) is 13.5. The molecule has 0 atom stereocenters. The monoisotopic (exact) mass is 434 g/mol. The fourth-order valence-electron chi connectivity index (χ4n) is 2.43. The van der Waals surface area contributed by atoms with Crippen LogP contribution >= 0.6 is 0 Å². The normalized spacial score (nSPS) is 10.6. The van der Waals surface area contributed by atoms with E-state index in [1.165, 1.54) is 29.2 Å². The molecular formula is C29H38O3. The van der Waals surface area contributed by atoms with Crippen LogP contribution < -0.4 is 9.47 Å². The summed E-state index contributed by atoms with van der Waals surface area (Å²) >= 11 is 0. The fraction of sp³-hybridized carbons (Fsp3) is 0.276. The highest BCUT2D eigenvalue weighted by atomic mass is 16.5. The molecule has 0 aliphatic rings. The number of allylic oxidation sites excluding steroid dienone is 6. The SMILES string of the molecule is C=C(C)c1ccc(C)cc1.C=C/C=C(C)\C(C)=C/C.COc1ccc(C(C)=O)cc1OC. The van der Waals surface area contributed by atoms with Crippen molar-refractivity contribution in [3.63, 3.8) is 0 Å². The standard InChI is InChI=1S/C10H12O3.C10H12.C9H14/c1-7(11)8-4-5-9(12-2)10(6-8)13-3;1-8(2)10-6-4-9(3)5-7-10;1-5-7-9(4)8(3)6-2/h4-6H,1-3H3;4-7H,1H2,2-3H3;5-7H,1H2,2-4H3/b;;8-6-,9-7-. The minimum absolute atomic E-state index is 0.0148. The number of carbonyl (C=O) groups excluding carboxylic acids is 1. The van der Waals surface area contributed by atoms with Crippen molar-refractivity contribution in [2.75, 3.05) is 14.2 Å². The van der Waals surface area contributed by atoms with Crippen LogP contribution in [0.15, 0.2) is 85.0 Å². The van der Waals surface area contributed by atoms with Crippen molar-refractivity contribution >= 4 is 11.4 Å². The number of carbonyl (C=O) groups is 1. The van der Waals surface area contributed by atoms with Crippen molar-refractivity contribution in [3.8, 4) is 11.5 Å². The van der Waals surface area contributed by atoms with Crippen molar-refractivity contribution in [1.82, 2.24) is 0 Å². The zero-order valence-electron chi connectivity index (χ0n) is 20.9. The average molecular weight is 435 g/mol. The Morgan fingerprint density at radius 2 is 1.38 bits per heavy atom. The predicted octanol–water partition coefficient (Wildman–Crippen LogP) is 8.02. The number of ether oxygens (including phenoxy) is 2. The van der Waals surface area contributed by atoms with Gasteiger partial charge in [-0.1, -0.05) is 72.4 Å². The molecule has 0 aliphatic carbocycles. The van der Waals surface area contributed by atoms with Gasteiger partial charge in [0.25, 0.3) is 0 Å². The Labute approximate surface area is 194 Å². The highest BCUT2D eigenvalue weighted by molar-refractivity contribution is 5.94. The molecule has 0 heterocycles. The lowest BCUT2D eigenvalue weighted by Gasteiger charge is -2.07. The van der Waals surface area contributed by atoms with Crippen molar-refractivity contribution in [2.45, 2.75) is 41.5 Å². The second kappa shape index (κ2) is 15.5. The number of rotatable bonds is 6. The van der Waals surface area contributed by atoms with Gasteiger partial charge in [-0.15, -0.1) is 0 Å². The molecule has 0 bridgehead atoms. The average Bonchev–Trinajstić information content (AvgIpc) is 2.79. The summed E-state index contributed by atoms with van der Waals surface area (Å²) in [5.41, 5.74) is 6.87. The largest absolute Gasteiger partial charge is 0.493 e. The van der Waals surface area contributed by atoms with Gasteiger partial charge in [-0.05, 0) is 70.9 Å². The third-order valence-corrected chi connectivity index (χ3v) is 4.76. The van der Waals surface area contributed by atoms with Crippen LogP contribution in [0.4, 0.5) is 0 Å². The van der Waals surface area contributed by atoms with E-state index in [-0.39, 0.29) is 5.78 Å². The van der Waals surface area contributed by atoms with Crippen LogP contribution in [0.3, 0.4) is 0 Å². The molecule has 0 saturated heterocycles. The molecule has 0 saturated carbocycles. The Bertz CT molecular complexity index is 945. The maximum atomic E-state index is 11.0. The van der Waals surface area contributed by atoms with Crippen LogP contribution in [0.2, 0.25) is 0 Å². The summed E-state index contributed by atoms with van der Waals surface area (Å²) in [7, 11) is 3.10. The molecule has 0 amide bonds. The summed E-state index contributed by atoms with van der Waals surface area (Å²) in [6.07, 6.45) is 5.91. The maximum Gasteiger partial charge on any atom is 0.161 e. The van der Waals surface area contributed by atoms with Crippen LogP contribution in [0.1, 0.15) is 56.1 Å². The Kier molecular flexibility index (Phi) is 13.9. The molecule has 2 rings (SSSR count). The van der Waals surface area contributed by atoms with Gasteiger partial charge in [0.15, 0.2) is 17.3 Å². The number of Topliss-reactive ketones (excluding diaryl/α,β-unsaturated/α-hetero) is 1. The molecule has 0 unspecified atom stereocenters. The van der Waals surface area contributed by atoms with E-state index in [1.54, 1.807) is 32.4 Å². The Morgan fingerprint density at radius 3 is 1.78 bits per heavy atom. The minimum atomic E-state index is 0.0148. The predicted molar refractivity (Wildman–Crippen MR) is 139 cm³/mol. The topological polar surface area (TPSA) is 35.5 Å². The first kappa shape index (κ1) is 28.7. The second-order valence-electron chi connectivity index (χ2n) is 7.33. The van der Waals surface area contributed by atoms with E-state index in [4.69, 9.17) is 9.47 Å². The van der Waals surface area contributed by atoms with Gasteiger partial charge in [0, 0.05) is 5.56 Å². The zero-order valence-corrected chi connectivity index (χ0v) is 20.9. The molecule has 172 valence electrons. The maximum absolute atomic E-state index is 11.0. The Hall–Kier alpha value is -3.33. The lowest BCUT2D eigenvalue weighted by molar-refractivity contribution is 0.101. The van der Waals surface area contributed by atoms with E-state index in [0.717, 1.165) is 5.57 Å². The van der Waals surface area contributed by atoms with E-state index in [9.17, 15) is 4.79 Å². The third-order valence-electron chi connectivity index (χ3n) is 4.76. The molecular weight excluding hydrogens is 396 g/mol. The summed E-state index contributed by atoms with van der Waals surface area (Å²) in [5.74, 6) is 1.23. The number of aryl methyl sites for hydroxylation is 1. The molecule has 0 spiro atoms. The van der Waals surface area contributed by atoms with Crippen LogP contribution in [-0.2, 0) is 0 Å². The third kappa shape index (κ3) is 10.6. The van der Waals surface area contributed by atoms with E-state index in [0.29, 0.717) is 17.1 Å². The Morgan fingerprint density at radius 1 is 0.844 bits per heavy atom. The van der Waals surface area contributed by atoms with E-state index < -0.39 is 0 Å². The van der Waals surface area contributed by atoms with Crippen LogP contribution in [0.5, 0.6) is 11.5 Å². The fourth-order valence-corrected chi connectivity index (χ4v) is 2.43. The first-order valence-corrected chi connectivity index (χ1v) is 10.5. The summed E-state index contributed by atoms with van der Waals surface area (Å²) in [5, 5.41) is 0.